The molecular weight excluding hydrogens is 267 g/mol. The van der Waals surface area contributed by atoms with Crippen molar-refractivity contribution >= 4 is 11.6 Å². The molecule has 0 radical (unpaired) electrons. The lowest BCUT2D eigenvalue weighted by Crippen LogP contribution is -2.07. The highest BCUT2D eigenvalue weighted by Gasteiger charge is 2.20. The van der Waals surface area contributed by atoms with Crippen LogP contribution in [0.4, 0.5) is 13.2 Å². The summed E-state index contributed by atoms with van der Waals surface area (Å²) in [4.78, 5) is 0. The van der Waals surface area contributed by atoms with Gasteiger partial charge in [0.25, 0.3) is 0 Å². The van der Waals surface area contributed by atoms with E-state index in [1.54, 1.807) is 0 Å². The van der Waals surface area contributed by atoms with Crippen molar-refractivity contribution in [3.05, 3.63) is 40.7 Å². The molecule has 0 saturated heterocycles. The van der Waals surface area contributed by atoms with E-state index in [2.05, 4.69) is 10.2 Å². The zero-order chi connectivity index (χ0) is 13.3. The molecule has 0 bridgehead atoms. The van der Waals surface area contributed by atoms with Crippen molar-refractivity contribution in [2.24, 2.45) is 0 Å². The second-order valence-electron chi connectivity index (χ2n) is 3.69. The molecule has 1 aromatic carbocycles. The van der Waals surface area contributed by atoms with E-state index >= 15 is 0 Å². The molecular formula is C11H9ClF3N3. The Morgan fingerprint density at radius 3 is 2.33 bits per heavy atom. The zero-order valence-corrected chi connectivity index (χ0v) is 10.2. The third-order valence-electron chi connectivity index (χ3n) is 2.37. The van der Waals surface area contributed by atoms with Crippen LogP contribution in [0.2, 0.25) is 5.28 Å². The van der Waals surface area contributed by atoms with Crippen LogP contribution in [0.5, 0.6) is 0 Å². The van der Waals surface area contributed by atoms with Gasteiger partial charge in [-0.1, -0.05) is 6.92 Å². The van der Waals surface area contributed by atoms with E-state index in [4.69, 9.17) is 11.6 Å². The first-order valence-corrected chi connectivity index (χ1v) is 5.67. The lowest BCUT2D eigenvalue weighted by Gasteiger charge is -2.09. The molecule has 0 N–H and O–H groups in total. The number of benzene rings is 1. The zero-order valence-electron chi connectivity index (χ0n) is 9.42. The molecule has 96 valence electrons. The quantitative estimate of drug-likeness (QED) is 0.860. The Morgan fingerprint density at radius 2 is 1.78 bits per heavy atom. The molecule has 0 aliphatic rings. The second kappa shape index (κ2) is 4.97. The molecule has 1 heterocycles. The first-order valence-electron chi connectivity index (χ1n) is 5.29. The average Bonchev–Trinajstić information content (AvgIpc) is 2.61. The standard InChI is InChI=1S/C11H9ClF3N3/c1-2-3-9-16-17-11(12)18(9)10-7(14)4-6(13)5-8(10)15/h4-5H,2-3H2,1H3. The maximum Gasteiger partial charge on any atom is 0.229 e. The summed E-state index contributed by atoms with van der Waals surface area (Å²) in [6.07, 6.45) is 1.16. The molecule has 0 aliphatic heterocycles. The fourth-order valence-corrected chi connectivity index (χ4v) is 1.87. The van der Waals surface area contributed by atoms with Crippen LogP contribution in [-0.2, 0) is 6.42 Å². The van der Waals surface area contributed by atoms with Gasteiger partial charge in [-0.05, 0) is 18.0 Å². The van der Waals surface area contributed by atoms with Crippen molar-refractivity contribution < 1.29 is 13.2 Å². The fraction of sp³-hybridized carbons (Fsp3) is 0.273. The molecule has 3 nitrogen and oxygen atoms in total. The molecule has 1 aromatic heterocycles. The molecule has 0 aliphatic carbocycles. The van der Waals surface area contributed by atoms with Crippen molar-refractivity contribution in [3.8, 4) is 5.69 Å². The molecule has 2 rings (SSSR count). The summed E-state index contributed by atoms with van der Waals surface area (Å²) in [5.41, 5.74) is -0.463. The number of hydrogen-bond donors (Lipinski definition) is 0. The molecule has 0 unspecified atom stereocenters. The Kier molecular flexibility index (Phi) is 3.56. The van der Waals surface area contributed by atoms with Crippen molar-refractivity contribution in [1.82, 2.24) is 14.8 Å². The summed E-state index contributed by atoms with van der Waals surface area (Å²) in [6.45, 7) is 1.88. The van der Waals surface area contributed by atoms with Crippen LogP contribution < -0.4 is 0 Å². The summed E-state index contributed by atoms with van der Waals surface area (Å²) in [5.74, 6) is -2.76. The van der Waals surface area contributed by atoms with E-state index in [0.29, 0.717) is 30.8 Å². The van der Waals surface area contributed by atoms with E-state index in [9.17, 15) is 13.2 Å². The Bertz CT molecular complexity index is 560. The molecule has 2 aromatic rings. The van der Waals surface area contributed by atoms with Crippen LogP contribution in [0.3, 0.4) is 0 Å². The smallest absolute Gasteiger partial charge is 0.229 e. The van der Waals surface area contributed by atoms with Crippen LogP contribution in [0.15, 0.2) is 12.1 Å². The Balaban J connectivity index is 2.65. The van der Waals surface area contributed by atoms with Gasteiger partial charge in [0.05, 0.1) is 0 Å². The van der Waals surface area contributed by atoms with Gasteiger partial charge in [0.2, 0.25) is 5.28 Å². The number of nitrogens with zero attached hydrogens (tertiary/aromatic N) is 3. The molecule has 0 fully saturated rings. The SMILES string of the molecule is CCCc1nnc(Cl)n1-c1c(F)cc(F)cc1F. The second-order valence-corrected chi connectivity index (χ2v) is 4.03. The minimum absolute atomic E-state index is 0.164. The molecule has 7 heteroatoms. The van der Waals surface area contributed by atoms with Gasteiger partial charge in [-0.15, -0.1) is 10.2 Å². The monoisotopic (exact) mass is 275 g/mol. The van der Waals surface area contributed by atoms with E-state index in [1.807, 2.05) is 6.92 Å². The predicted octanol–water partition coefficient (Wildman–Crippen LogP) is 3.29. The molecule has 0 saturated carbocycles. The van der Waals surface area contributed by atoms with Gasteiger partial charge in [-0.3, -0.25) is 4.57 Å². The lowest BCUT2D eigenvalue weighted by molar-refractivity contribution is 0.531. The van der Waals surface area contributed by atoms with E-state index in [-0.39, 0.29) is 5.28 Å². The normalized spacial score (nSPS) is 10.9. The van der Waals surface area contributed by atoms with E-state index in [1.165, 1.54) is 0 Å². The Labute approximate surface area is 106 Å². The van der Waals surface area contributed by atoms with Crippen LogP contribution in [0.1, 0.15) is 19.2 Å². The molecule has 0 amide bonds. The highest BCUT2D eigenvalue weighted by molar-refractivity contribution is 6.28. The fourth-order valence-electron chi connectivity index (χ4n) is 1.65. The molecule has 0 atom stereocenters. The third kappa shape index (κ3) is 2.20. The minimum atomic E-state index is -1.05. The highest BCUT2D eigenvalue weighted by atomic mass is 35.5. The summed E-state index contributed by atoms with van der Waals surface area (Å²) in [6, 6.07) is 1.18. The summed E-state index contributed by atoms with van der Waals surface area (Å²) in [5, 5.41) is 7.14. The van der Waals surface area contributed by atoms with Crippen molar-refractivity contribution in [1.29, 1.82) is 0 Å². The average molecular weight is 276 g/mol. The number of rotatable bonds is 3. The molecule has 0 spiro atoms. The van der Waals surface area contributed by atoms with Gasteiger partial charge >= 0.3 is 0 Å². The summed E-state index contributed by atoms with van der Waals surface area (Å²) < 4.78 is 41.2. The largest absolute Gasteiger partial charge is 0.264 e. The van der Waals surface area contributed by atoms with Crippen LogP contribution in [0, 0.1) is 17.5 Å². The predicted molar refractivity (Wildman–Crippen MR) is 60.2 cm³/mol. The first kappa shape index (κ1) is 12.9. The van der Waals surface area contributed by atoms with Gasteiger partial charge < -0.3 is 0 Å². The lowest BCUT2D eigenvalue weighted by atomic mass is 10.2. The van der Waals surface area contributed by atoms with Crippen molar-refractivity contribution in [3.63, 3.8) is 0 Å². The van der Waals surface area contributed by atoms with Crippen LogP contribution in [0.25, 0.3) is 5.69 Å². The number of aromatic nitrogens is 3. The van der Waals surface area contributed by atoms with Crippen molar-refractivity contribution in [2.75, 3.05) is 0 Å². The number of hydrogen-bond acceptors (Lipinski definition) is 2. The summed E-state index contributed by atoms with van der Waals surface area (Å²) >= 11 is 5.76. The maximum atomic E-state index is 13.7. The number of halogens is 4. The van der Waals surface area contributed by atoms with Gasteiger partial charge in [-0.2, -0.15) is 0 Å². The Morgan fingerprint density at radius 1 is 1.17 bits per heavy atom. The van der Waals surface area contributed by atoms with Gasteiger partial charge in [-0.25, -0.2) is 13.2 Å². The van der Waals surface area contributed by atoms with E-state index < -0.39 is 23.1 Å². The van der Waals surface area contributed by atoms with Crippen LogP contribution >= 0.6 is 11.6 Å². The van der Waals surface area contributed by atoms with Crippen LogP contribution in [-0.4, -0.2) is 14.8 Å². The number of aryl methyl sites for hydroxylation is 1. The maximum absolute atomic E-state index is 13.7. The highest BCUT2D eigenvalue weighted by Crippen LogP contribution is 2.24. The van der Waals surface area contributed by atoms with Crippen molar-refractivity contribution in [2.45, 2.75) is 19.8 Å². The van der Waals surface area contributed by atoms with Gasteiger partial charge in [0.15, 0.2) is 11.6 Å². The summed E-state index contributed by atoms with van der Waals surface area (Å²) in [7, 11) is 0. The Hall–Kier alpha value is -1.56. The molecule has 18 heavy (non-hydrogen) atoms. The minimum Gasteiger partial charge on any atom is -0.264 e. The first-order chi connectivity index (χ1) is 8.54. The van der Waals surface area contributed by atoms with Gasteiger partial charge in [0.1, 0.15) is 17.3 Å². The topological polar surface area (TPSA) is 30.7 Å². The van der Waals surface area contributed by atoms with Gasteiger partial charge in [0, 0.05) is 18.6 Å². The third-order valence-corrected chi connectivity index (χ3v) is 2.61. The van der Waals surface area contributed by atoms with E-state index in [0.717, 1.165) is 4.57 Å².